The maximum atomic E-state index is 7.00. The van der Waals surface area contributed by atoms with E-state index in [4.69, 9.17) is 24.1 Å². The average molecular weight is 284 g/mol. The Kier molecular flexibility index (Phi) is 38.4. The molecule has 120 valence electrons. The van der Waals surface area contributed by atoms with Crippen molar-refractivity contribution in [2.45, 2.75) is 27.2 Å². The standard InChI is InChI=1S/2C3H6O2.C3H8O.C3H8.CH4O/c2*1-2-5-3-4-1;1-3-4-2;1-3-2;1-2/h2*1-3H2;3H2,1-2H3;3H2,1-2H3;2H,1H3. The van der Waals surface area contributed by atoms with Crippen LogP contribution in [0.3, 0.4) is 0 Å². The van der Waals surface area contributed by atoms with Crippen molar-refractivity contribution in [3.05, 3.63) is 0 Å². The zero-order chi connectivity index (χ0) is 15.2. The Hall–Kier alpha value is -0.240. The minimum Gasteiger partial charge on any atom is -0.400 e. The summed E-state index contributed by atoms with van der Waals surface area (Å²) in [6.45, 7) is 11.1. The monoisotopic (exact) mass is 284 g/mol. The van der Waals surface area contributed by atoms with Crippen LogP contribution in [0.25, 0.3) is 0 Å². The van der Waals surface area contributed by atoms with Gasteiger partial charge >= 0.3 is 0 Å². The van der Waals surface area contributed by atoms with Crippen LogP contribution < -0.4 is 0 Å². The van der Waals surface area contributed by atoms with Gasteiger partial charge in [0.1, 0.15) is 13.6 Å². The molecule has 2 heterocycles. The van der Waals surface area contributed by atoms with E-state index < -0.39 is 0 Å². The maximum absolute atomic E-state index is 7.00. The normalized spacial score (nSPS) is 15.5. The third-order valence-electron chi connectivity index (χ3n) is 1.37. The first-order chi connectivity index (χ1) is 9.33. The second kappa shape index (κ2) is 30.6. The molecular formula is C13H32O6. The van der Waals surface area contributed by atoms with Gasteiger partial charge in [-0.05, 0) is 6.92 Å². The highest BCUT2D eigenvalue weighted by Gasteiger charge is 1.94. The molecule has 2 saturated heterocycles. The first kappa shape index (κ1) is 23.8. The summed E-state index contributed by atoms with van der Waals surface area (Å²) < 4.78 is 23.4. The first-order valence-corrected chi connectivity index (χ1v) is 6.57. The molecule has 0 atom stereocenters. The summed E-state index contributed by atoms with van der Waals surface area (Å²) in [6, 6.07) is 0. The van der Waals surface area contributed by atoms with E-state index in [-0.39, 0.29) is 0 Å². The maximum Gasteiger partial charge on any atom is 0.146 e. The van der Waals surface area contributed by atoms with E-state index in [1.807, 2.05) is 6.92 Å². The van der Waals surface area contributed by atoms with Gasteiger partial charge in [0, 0.05) is 20.8 Å². The van der Waals surface area contributed by atoms with Crippen LogP contribution >= 0.6 is 0 Å². The number of hydrogen-bond donors (Lipinski definition) is 1. The predicted octanol–water partition coefficient (Wildman–Crippen LogP) is 1.66. The number of methoxy groups -OCH3 is 1. The molecule has 0 amide bonds. The van der Waals surface area contributed by atoms with Gasteiger partial charge in [0.25, 0.3) is 0 Å². The Morgan fingerprint density at radius 1 is 0.789 bits per heavy atom. The minimum absolute atomic E-state index is 0.500. The molecule has 0 bridgehead atoms. The molecule has 0 unspecified atom stereocenters. The Morgan fingerprint density at radius 3 is 1.05 bits per heavy atom. The van der Waals surface area contributed by atoms with Gasteiger partial charge in [0.05, 0.1) is 26.4 Å². The molecule has 2 rings (SSSR count). The van der Waals surface area contributed by atoms with Gasteiger partial charge in [-0.25, -0.2) is 0 Å². The summed E-state index contributed by atoms with van der Waals surface area (Å²) in [5.74, 6) is 0. The smallest absolute Gasteiger partial charge is 0.146 e. The highest BCUT2D eigenvalue weighted by atomic mass is 16.7. The van der Waals surface area contributed by atoms with Crippen molar-refractivity contribution in [1.82, 2.24) is 0 Å². The quantitative estimate of drug-likeness (QED) is 0.790. The average Bonchev–Trinajstić information content (AvgIpc) is 3.18. The summed E-state index contributed by atoms with van der Waals surface area (Å²) in [5, 5.41) is 7.00. The van der Waals surface area contributed by atoms with Crippen LogP contribution in [0.4, 0.5) is 0 Å². The van der Waals surface area contributed by atoms with Gasteiger partial charge in [-0.2, -0.15) is 0 Å². The van der Waals surface area contributed by atoms with Crippen LogP contribution in [-0.4, -0.2) is 65.9 Å². The van der Waals surface area contributed by atoms with Crippen molar-refractivity contribution in [3.8, 4) is 0 Å². The molecule has 6 nitrogen and oxygen atoms in total. The lowest BCUT2D eigenvalue weighted by molar-refractivity contribution is 0.0690. The largest absolute Gasteiger partial charge is 0.400 e. The summed E-state index contributed by atoms with van der Waals surface area (Å²) in [5.41, 5.74) is 0. The van der Waals surface area contributed by atoms with E-state index in [0.717, 1.165) is 40.1 Å². The third-order valence-corrected chi connectivity index (χ3v) is 1.37. The summed E-state index contributed by atoms with van der Waals surface area (Å²) in [4.78, 5) is 0. The van der Waals surface area contributed by atoms with Gasteiger partial charge in [-0.15, -0.1) is 0 Å². The fraction of sp³-hybridized carbons (Fsp3) is 1.00. The lowest BCUT2D eigenvalue weighted by Crippen LogP contribution is -1.79. The van der Waals surface area contributed by atoms with E-state index in [0.29, 0.717) is 13.6 Å². The van der Waals surface area contributed by atoms with Crippen LogP contribution in [0.1, 0.15) is 27.2 Å². The first-order valence-electron chi connectivity index (χ1n) is 6.57. The van der Waals surface area contributed by atoms with Crippen LogP contribution in [0.15, 0.2) is 0 Å². The lowest BCUT2D eigenvalue weighted by atomic mass is 10.6. The van der Waals surface area contributed by atoms with Gasteiger partial charge in [-0.3, -0.25) is 0 Å². The summed E-state index contributed by atoms with van der Waals surface area (Å²) in [7, 11) is 2.68. The van der Waals surface area contributed by atoms with Crippen LogP contribution in [-0.2, 0) is 23.7 Å². The van der Waals surface area contributed by atoms with Crippen molar-refractivity contribution >= 4 is 0 Å². The molecular weight excluding hydrogens is 252 g/mol. The molecule has 2 aliphatic rings. The topological polar surface area (TPSA) is 66.4 Å². The summed E-state index contributed by atoms with van der Waals surface area (Å²) >= 11 is 0. The van der Waals surface area contributed by atoms with Crippen molar-refractivity contribution < 1.29 is 28.8 Å². The molecule has 1 N–H and O–H groups in total. The van der Waals surface area contributed by atoms with Gasteiger partial charge in [0.15, 0.2) is 0 Å². The van der Waals surface area contributed by atoms with Gasteiger partial charge in [0.2, 0.25) is 0 Å². The van der Waals surface area contributed by atoms with Crippen LogP contribution in [0.2, 0.25) is 0 Å². The zero-order valence-electron chi connectivity index (χ0n) is 13.1. The molecule has 6 heteroatoms. The van der Waals surface area contributed by atoms with Crippen molar-refractivity contribution in [2.75, 3.05) is 60.8 Å². The van der Waals surface area contributed by atoms with E-state index >= 15 is 0 Å². The summed E-state index contributed by atoms with van der Waals surface area (Å²) in [6.07, 6.45) is 1.25. The van der Waals surface area contributed by atoms with E-state index in [1.54, 1.807) is 7.11 Å². The third kappa shape index (κ3) is 38.1. The number of ether oxygens (including phenoxy) is 5. The van der Waals surface area contributed by atoms with Crippen LogP contribution in [0, 0.1) is 0 Å². The molecule has 0 aromatic carbocycles. The Morgan fingerprint density at radius 2 is 1.00 bits per heavy atom. The van der Waals surface area contributed by atoms with E-state index in [2.05, 4.69) is 18.6 Å². The fourth-order valence-electron chi connectivity index (χ4n) is 0.589. The Balaban J connectivity index is -0.000000176. The Bertz CT molecular complexity index is 78.1. The number of aliphatic hydroxyl groups excluding tert-OH is 1. The minimum atomic E-state index is 0.500. The molecule has 19 heavy (non-hydrogen) atoms. The molecule has 0 aromatic rings. The number of aliphatic hydroxyl groups is 1. The molecule has 0 radical (unpaired) electrons. The predicted molar refractivity (Wildman–Crippen MR) is 75.2 cm³/mol. The van der Waals surface area contributed by atoms with Crippen molar-refractivity contribution in [2.24, 2.45) is 0 Å². The molecule has 0 saturated carbocycles. The highest BCUT2D eigenvalue weighted by molar-refractivity contribution is 4.29. The molecule has 0 aromatic heterocycles. The van der Waals surface area contributed by atoms with E-state index in [9.17, 15) is 0 Å². The zero-order valence-corrected chi connectivity index (χ0v) is 13.1. The van der Waals surface area contributed by atoms with Gasteiger partial charge in [-0.1, -0.05) is 20.3 Å². The van der Waals surface area contributed by atoms with Crippen molar-refractivity contribution in [1.29, 1.82) is 0 Å². The highest BCUT2D eigenvalue weighted by Crippen LogP contribution is 1.86. The molecule has 0 aliphatic carbocycles. The molecule has 2 aliphatic heterocycles. The number of hydrogen-bond acceptors (Lipinski definition) is 6. The van der Waals surface area contributed by atoms with Gasteiger partial charge < -0.3 is 28.8 Å². The Labute approximate surface area is 117 Å². The number of rotatable bonds is 1. The SMILES string of the molecule is C1COCO1.C1COCO1.CCC.CCOC.CO. The second-order valence-electron chi connectivity index (χ2n) is 3.15. The second-order valence-corrected chi connectivity index (χ2v) is 3.15. The van der Waals surface area contributed by atoms with Crippen LogP contribution in [0.5, 0.6) is 0 Å². The fourth-order valence-corrected chi connectivity index (χ4v) is 0.589. The van der Waals surface area contributed by atoms with E-state index in [1.165, 1.54) is 6.42 Å². The molecule has 2 fully saturated rings. The lowest BCUT2D eigenvalue weighted by Gasteiger charge is -1.76. The van der Waals surface area contributed by atoms with Crippen molar-refractivity contribution in [3.63, 3.8) is 0 Å². The molecule has 0 spiro atoms.